The van der Waals surface area contributed by atoms with Gasteiger partial charge < -0.3 is 16.0 Å². The first-order valence-electron chi connectivity index (χ1n) is 16.0. The average Bonchev–Trinajstić information content (AvgIpc) is 3.88. The minimum absolute atomic E-state index is 0.0640. The van der Waals surface area contributed by atoms with Gasteiger partial charge in [0.2, 0.25) is 0 Å². The second-order valence-electron chi connectivity index (χ2n) is 14.3. The van der Waals surface area contributed by atoms with E-state index in [1.165, 1.54) is 56.2 Å². The number of allylic oxidation sites excluding steroid dienone is 3. The van der Waals surface area contributed by atoms with Gasteiger partial charge in [-0.15, -0.1) is 0 Å². The van der Waals surface area contributed by atoms with Crippen LogP contribution in [0.2, 0.25) is 0 Å². The van der Waals surface area contributed by atoms with Crippen LogP contribution in [0.15, 0.2) is 48.4 Å². The van der Waals surface area contributed by atoms with Crippen LogP contribution in [0.4, 0.5) is 5.82 Å². The Hall–Kier alpha value is -2.76. The number of aromatic nitrogens is 3. The number of hydrogen-bond acceptors (Lipinski definition) is 5. The quantitative estimate of drug-likeness (QED) is 0.465. The van der Waals surface area contributed by atoms with Gasteiger partial charge in [-0.25, -0.2) is 9.67 Å². The Bertz CT molecular complexity index is 1290. The molecule has 2 unspecified atom stereocenters. The molecule has 7 rings (SSSR count). The Morgan fingerprint density at radius 2 is 1.90 bits per heavy atom. The second kappa shape index (κ2) is 9.66. The molecule has 1 saturated heterocycles. The highest BCUT2D eigenvalue weighted by atomic mass is 15.3. The summed E-state index contributed by atoms with van der Waals surface area (Å²) in [4.78, 5) is 7.92. The molecule has 2 atom stereocenters. The molecule has 0 radical (unpaired) electrons. The molecule has 0 aromatic carbocycles. The number of hydrogen-bond donors (Lipinski definition) is 2. The SMILES string of the molecule is CC1CCN/C(N)=C/C=C\CCc2ccc(-n3ccc(CCCC4C5(CC5)C45CC5)n3)nc2N2CC1CC2(C)C. The summed E-state index contributed by atoms with van der Waals surface area (Å²) in [6.45, 7) is 9.15. The highest BCUT2D eigenvalue weighted by Crippen LogP contribution is 2.93. The van der Waals surface area contributed by atoms with Crippen molar-refractivity contribution in [1.29, 1.82) is 0 Å². The van der Waals surface area contributed by atoms with Crippen molar-refractivity contribution in [3.05, 3.63) is 59.7 Å². The average molecular weight is 541 g/mol. The van der Waals surface area contributed by atoms with E-state index >= 15 is 0 Å². The molecule has 4 fully saturated rings. The van der Waals surface area contributed by atoms with E-state index in [2.05, 4.69) is 67.5 Å². The minimum Gasteiger partial charge on any atom is -0.386 e. The molecule has 4 heterocycles. The van der Waals surface area contributed by atoms with E-state index in [1.807, 2.05) is 10.8 Å². The van der Waals surface area contributed by atoms with Crippen molar-refractivity contribution >= 4 is 5.82 Å². The predicted octanol–water partition coefficient (Wildman–Crippen LogP) is 6.30. The minimum atomic E-state index is 0.0640. The second-order valence-corrected chi connectivity index (χ2v) is 14.3. The molecule has 3 N–H and O–H groups in total. The first-order chi connectivity index (χ1) is 19.3. The van der Waals surface area contributed by atoms with Gasteiger partial charge in [-0.1, -0.05) is 25.1 Å². The van der Waals surface area contributed by atoms with Gasteiger partial charge in [0.05, 0.1) is 11.5 Å². The van der Waals surface area contributed by atoms with Gasteiger partial charge in [-0.3, -0.25) is 0 Å². The fourth-order valence-electron chi connectivity index (χ4n) is 8.79. The molecule has 6 heteroatoms. The Kier molecular flexibility index (Phi) is 6.32. The Morgan fingerprint density at radius 3 is 2.67 bits per heavy atom. The number of nitrogens with zero attached hydrogens (tertiary/aromatic N) is 4. The number of rotatable bonds is 5. The molecular formula is C34H48N6. The molecule has 40 heavy (non-hydrogen) atoms. The van der Waals surface area contributed by atoms with E-state index in [-0.39, 0.29) is 5.54 Å². The molecule has 2 spiro atoms. The van der Waals surface area contributed by atoms with E-state index in [1.54, 1.807) is 0 Å². The van der Waals surface area contributed by atoms with Crippen molar-refractivity contribution in [3.8, 4) is 5.82 Å². The first kappa shape index (κ1) is 26.2. The predicted molar refractivity (Wildman–Crippen MR) is 162 cm³/mol. The summed E-state index contributed by atoms with van der Waals surface area (Å²) in [7, 11) is 0. The lowest BCUT2D eigenvalue weighted by Crippen LogP contribution is -2.39. The lowest BCUT2D eigenvalue weighted by molar-refractivity contribution is 0.341. The Labute approximate surface area is 240 Å². The summed E-state index contributed by atoms with van der Waals surface area (Å²) in [6.07, 6.45) is 22.4. The van der Waals surface area contributed by atoms with Gasteiger partial charge in [0.1, 0.15) is 5.82 Å². The van der Waals surface area contributed by atoms with Crippen LogP contribution in [0.25, 0.3) is 5.82 Å². The van der Waals surface area contributed by atoms with Gasteiger partial charge in [-0.05, 0) is 137 Å². The maximum atomic E-state index is 6.17. The summed E-state index contributed by atoms with van der Waals surface area (Å²) in [6, 6.07) is 6.66. The van der Waals surface area contributed by atoms with Gasteiger partial charge in [0.15, 0.2) is 5.82 Å². The molecule has 3 saturated carbocycles. The third-order valence-corrected chi connectivity index (χ3v) is 11.5. The summed E-state index contributed by atoms with van der Waals surface area (Å²) < 4.78 is 2.01. The van der Waals surface area contributed by atoms with Crippen LogP contribution in [-0.4, -0.2) is 33.4 Å². The fraction of sp³-hybridized carbons (Fsp3) is 0.647. The van der Waals surface area contributed by atoms with Crippen molar-refractivity contribution in [2.75, 3.05) is 18.0 Å². The van der Waals surface area contributed by atoms with E-state index in [9.17, 15) is 0 Å². The molecule has 0 amide bonds. The fourth-order valence-corrected chi connectivity index (χ4v) is 8.79. The van der Waals surface area contributed by atoms with Gasteiger partial charge in [0, 0.05) is 24.8 Å². The van der Waals surface area contributed by atoms with Crippen LogP contribution in [0.5, 0.6) is 0 Å². The van der Waals surface area contributed by atoms with Crippen LogP contribution < -0.4 is 16.0 Å². The molecule has 2 aliphatic heterocycles. The molecule has 2 aromatic heterocycles. The molecule has 2 bridgehead atoms. The number of anilines is 1. The van der Waals surface area contributed by atoms with Crippen molar-refractivity contribution in [1.82, 2.24) is 20.1 Å². The number of nitrogens with two attached hydrogens (primary N) is 1. The maximum absolute atomic E-state index is 6.17. The third-order valence-electron chi connectivity index (χ3n) is 11.5. The normalized spacial score (nSPS) is 30.1. The number of nitrogens with one attached hydrogen (secondary N) is 1. The van der Waals surface area contributed by atoms with Crippen LogP contribution in [0.3, 0.4) is 0 Å². The van der Waals surface area contributed by atoms with E-state index in [0.29, 0.717) is 11.8 Å². The zero-order valence-electron chi connectivity index (χ0n) is 24.8. The van der Waals surface area contributed by atoms with Crippen molar-refractivity contribution in [2.24, 2.45) is 34.3 Å². The van der Waals surface area contributed by atoms with Crippen LogP contribution in [-0.2, 0) is 12.8 Å². The van der Waals surface area contributed by atoms with Crippen molar-refractivity contribution < 1.29 is 0 Å². The lowest BCUT2D eigenvalue weighted by Gasteiger charge is -2.34. The molecule has 5 aliphatic rings. The van der Waals surface area contributed by atoms with Crippen LogP contribution in [0.1, 0.15) is 89.8 Å². The Morgan fingerprint density at radius 1 is 1.10 bits per heavy atom. The van der Waals surface area contributed by atoms with Gasteiger partial charge in [0.25, 0.3) is 0 Å². The first-order valence-corrected chi connectivity index (χ1v) is 16.0. The lowest BCUT2D eigenvalue weighted by atomic mass is 9.86. The maximum Gasteiger partial charge on any atom is 0.155 e. The topological polar surface area (TPSA) is 72.0 Å². The zero-order chi connectivity index (χ0) is 27.5. The summed E-state index contributed by atoms with van der Waals surface area (Å²) >= 11 is 0. The summed E-state index contributed by atoms with van der Waals surface area (Å²) in [5, 5.41) is 8.39. The number of pyridine rings is 1. The van der Waals surface area contributed by atoms with E-state index < -0.39 is 0 Å². The highest BCUT2D eigenvalue weighted by Gasteiger charge is 2.85. The van der Waals surface area contributed by atoms with Crippen LogP contribution >= 0.6 is 0 Å². The molecule has 214 valence electrons. The monoisotopic (exact) mass is 540 g/mol. The third kappa shape index (κ3) is 4.55. The van der Waals surface area contributed by atoms with Crippen molar-refractivity contribution in [3.63, 3.8) is 0 Å². The zero-order valence-corrected chi connectivity index (χ0v) is 24.8. The smallest absolute Gasteiger partial charge is 0.155 e. The van der Waals surface area contributed by atoms with E-state index in [4.69, 9.17) is 15.8 Å². The van der Waals surface area contributed by atoms with Gasteiger partial charge in [-0.2, -0.15) is 5.10 Å². The number of fused-ring (bicyclic) bond motifs is 5. The molecular weight excluding hydrogens is 492 g/mol. The molecule has 6 nitrogen and oxygen atoms in total. The van der Waals surface area contributed by atoms with Crippen molar-refractivity contribution in [2.45, 2.75) is 96.9 Å². The van der Waals surface area contributed by atoms with Gasteiger partial charge >= 0.3 is 0 Å². The standard InChI is InChI=1S/C34H48N6/c1-24-14-20-36-29(35)11-6-4-5-8-25-12-13-30(37-31(25)39-23-26(24)22-32(39,2)3)40-21-15-27(38-40)9-7-10-28-33(16-17-33)34(28)18-19-34/h4,6,11-13,15,21,24,26,28,36H,5,7-10,14,16-20,22-23,35H2,1-3H3/b6-4-,29-11+. The summed E-state index contributed by atoms with van der Waals surface area (Å²) in [5.74, 6) is 5.11. The Balaban J connectivity index is 1.10. The molecule has 2 aromatic rings. The summed E-state index contributed by atoms with van der Waals surface area (Å²) in [5.41, 5.74) is 10.4. The molecule has 3 aliphatic carbocycles. The largest absolute Gasteiger partial charge is 0.386 e. The highest BCUT2D eigenvalue weighted by molar-refractivity contribution is 5.53. The number of aryl methyl sites for hydroxylation is 2. The van der Waals surface area contributed by atoms with E-state index in [0.717, 1.165) is 73.0 Å². The van der Waals surface area contributed by atoms with Crippen LogP contribution in [0, 0.1) is 28.6 Å².